The van der Waals surface area contributed by atoms with Crippen LogP contribution in [0.5, 0.6) is 0 Å². The maximum absolute atomic E-state index is 15.9. The summed E-state index contributed by atoms with van der Waals surface area (Å²) in [5.41, 5.74) is 0.199. The van der Waals surface area contributed by atoms with Crippen molar-refractivity contribution in [3.63, 3.8) is 0 Å². The van der Waals surface area contributed by atoms with Gasteiger partial charge in [-0.25, -0.2) is 0 Å². The van der Waals surface area contributed by atoms with Crippen molar-refractivity contribution in [3.05, 3.63) is 186 Å². The van der Waals surface area contributed by atoms with Crippen LogP contribution in [0.2, 0.25) is 0 Å². The third kappa shape index (κ3) is 6.71. The number of benzene rings is 4. The Balaban J connectivity index is 1.39. The molecule has 2 aliphatic carbocycles. The minimum absolute atomic E-state index is 0.118. The monoisotopic (exact) mass is 670 g/mol. The molecule has 2 amide bonds. The van der Waals surface area contributed by atoms with Crippen molar-refractivity contribution in [2.24, 2.45) is 0 Å². The molecule has 9 heteroatoms. The van der Waals surface area contributed by atoms with Crippen molar-refractivity contribution in [1.29, 1.82) is 0 Å². The molecule has 4 aromatic carbocycles. The molecule has 47 heavy (non-hydrogen) atoms. The number of carbonyl (C=O) groups excluding carboxylic acids is 2. The standard InChI is InChI=1S/2C14H11F2NO.2C5H5.Ti/c2*15-11-7-6-10(13(16)12(11)14(17)18)8-9-4-2-1-3-5-9;2*1-2-4-5-3-1;/h2*1-7H,8H2,(H2,17,18);2*1-3H,4H2;/q;;;;+2/p-2. The fourth-order valence-corrected chi connectivity index (χ4v) is 11.6. The average Bonchev–Trinajstić information content (AvgIpc) is 3.81. The van der Waals surface area contributed by atoms with Gasteiger partial charge in [0.05, 0.1) is 0 Å². The molecule has 0 bridgehead atoms. The fourth-order valence-electron chi connectivity index (χ4n) is 5.99. The van der Waals surface area contributed by atoms with Gasteiger partial charge in [0.15, 0.2) is 0 Å². The van der Waals surface area contributed by atoms with Crippen LogP contribution in [-0.2, 0) is 29.9 Å². The molecule has 4 aromatic rings. The summed E-state index contributed by atoms with van der Waals surface area (Å²) in [4.78, 5) is 28.0. The number of carbonyl (C=O) groups is 2. The molecule has 0 unspecified atom stereocenters. The Morgan fingerprint density at radius 1 is 0.574 bits per heavy atom. The summed E-state index contributed by atoms with van der Waals surface area (Å²) < 4.78 is 69.4. The molecule has 0 aliphatic heterocycles. The van der Waals surface area contributed by atoms with E-state index in [2.05, 4.69) is 7.60 Å². The summed E-state index contributed by atoms with van der Waals surface area (Å²) in [7, 11) is 0. The number of hydrogen-bond acceptors (Lipinski definition) is 2. The van der Waals surface area contributed by atoms with E-state index in [1.165, 1.54) is 12.1 Å². The van der Waals surface area contributed by atoms with Crippen LogP contribution in [0.4, 0.5) is 17.6 Å². The van der Waals surface area contributed by atoms with Gasteiger partial charge >= 0.3 is 275 Å². The average molecular weight is 671 g/mol. The van der Waals surface area contributed by atoms with Gasteiger partial charge < -0.3 is 0 Å². The molecule has 0 radical (unpaired) electrons. The van der Waals surface area contributed by atoms with Gasteiger partial charge in [-0.2, -0.15) is 0 Å². The van der Waals surface area contributed by atoms with E-state index in [9.17, 15) is 9.59 Å². The van der Waals surface area contributed by atoms with Crippen molar-refractivity contribution in [3.8, 4) is 0 Å². The number of nitrogens with one attached hydrogen (secondary N) is 2. The zero-order valence-electron chi connectivity index (χ0n) is 25.2. The summed E-state index contributed by atoms with van der Waals surface area (Å²) >= 11 is -4.70. The quantitative estimate of drug-likeness (QED) is 0.132. The topological polar surface area (TPSA) is 58.2 Å². The van der Waals surface area contributed by atoms with E-state index in [0.717, 1.165) is 23.3 Å². The van der Waals surface area contributed by atoms with Gasteiger partial charge in [-0.15, -0.1) is 0 Å². The molecule has 2 aliphatic rings. The number of halogens is 4. The van der Waals surface area contributed by atoms with Crippen molar-refractivity contribution in [2.45, 2.75) is 25.7 Å². The number of allylic oxidation sites excluding steroid dienone is 8. The van der Waals surface area contributed by atoms with Gasteiger partial charge in [0.1, 0.15) is 0 Å². The first-order valence-electron chi connectivity index (χ1n) is 15.2. The second-order valence-electron chi connectivity index (χ2n) is 11.4. The first-order chi connectivity index (χ1) is 22.8. The van der Waals surface area contributed by atoms with E-state index in [4.69, 9.17) is 0 Å². The van der Waals surface area contributed by atoms with E-state index in [1.807, 2.05) is 24.3 Å². The van der Waals surface area contributed by atoms with E-state index >= 15 is 17.6 Å². The number of amides is 2. The van der Waals surface area contributed by atoms with Gasteiger partial charge in [0.25, 0.3) is 0 Å². The maximum atomic E-state index is 15.9. The second kappa shape index (κ2) is 13.9. The third-order valence-electron chi connectivity index (χ3n) is 8.38. The van der Waals surface area contributed by atoms with Crippen LogP contribution in [0.3, 0.4) is 0 Å². The van der Waals surface area contributed by atoms with Crippen LogP contribution in [0, 0.1) is 23.3 Å². The molecule has 0 spiro atoms. The molecule has 6 rings (SSSR count). The van der Waals surface area contributed by atoms with E-state index in [0.29, 0.717) is 20.6 Å². The molecule has 236 valence electrons. The van der Waals surface area contributed by atoms with Crippen LogP contribution in [0.25, 0.3) is 0 Å². The number of rotatable bonds is 10. The third-order valence-corrected chi connectivity index (χ3v) is 14.4. The van der Waals surface area contributed by atoms with E-state index < -0.39 is 63.3 Å². The molecule has 2 N–H and O–H groups in total. The van der Waals surface area contributed by atoms with Crippen LogP contribution >= 0.6 is 0 Å². The summed E-state index contributed by atoms with van der Waals surface area (Å²) in [6, 6.07) is 22.7. The molecule has 0 fully saturated rings. The van der Waals surface area contributed by atoms with Crippen molar-refractivity contribution in [1.82, 2.24) is 7.60 Å². The molecular weight excluding hydrogens is 640 g/mol. The zero-order valence-corrected chi connectivity index (χ0v) is 26.8. The summed E-state index contributed by atoms with van der Waals surface area (Å²) in [5, 5.41) is 0. The van der Waals surface area contributed by atoms with Crippen LogP contribution in [0.1, 0.15) is 55.8 Å². The van der Waals surface area contributed by atoms with Gasteiger partial charge in [-0.05, 0) is 0 Å². The van der Waals surface area contributed by atoms with Crippen LogP contribution in [-0.4, -0.2) is 11.8 Å². The Kier molecular flexibility index (Phi) is 9.52. The van der Waals surface area contributed by atoms with Gasteiger partial charge in [0.2, 0.25) is 0 Å². The van der Waals surface area contributed by atoms with Crippen molar-refractivity contribution in [2.75, 3.05) is 0 Å². The van der Waals surface area contributed by atoms with Gasteiger partial charge in [0, 0.05) is 0 Å². The SMILES string of the molecule is O=C([NH][Ti]([NH]C(=O)c1c(F)ccc(Cc2ccccc2)c1F)([C]1=CC=CC1)[C]1=CC=CC1)c1c(F)ccc(Cc2ccccc2)c1F. The minimum atomic E-state index is -4.70. The van der Waals surface area contributed by atoms with Gasteiger partial charge in [-0.1, -0.05) is 0 Å². The Morgan fingerprint density at radius 3 is 1.34 bits per heavy atom. The van der Waals surface area contributed by atoms with Crippen LogP contribution in [0.15, 0.2) is 129 Å². The summed E-state index contributed by atoms with van der Waals surface area (Å²) in [6.07, 6.45) is 11.5. The molecule has 0 atom stereocenters. The Morgan fingerprint density at radius 2 is 0.979 bits per heavy atom. The Labute approximate surface area is 274 Å². The van der Waals surface area contributed by atoms with Crippen molar-refractivity contribution >= 4 is 11.8 Å². The predicted octanol–water partition coefficient (Wildman–Crippen LogP) is 8.26. The predicted molar refractivity (Wildman–Crippen MR) is 170 cm³/mol. The molecule has 0 saturated carbocycles. The Hall–Kier alpha value is -4.79. The zero-order chi connectivity index (χ0) is 33.0. The van der Waals surface area contributed by atoms with Gasteiger partial charge in [-0.3, -0.25) is 0 Å². The molecule has 4 nitrogen and oxygen atoms in total. The van der Waals surface area contributed by atoms with Crippen molar-refractivity contribution < 1.29 is 44.3 Å². The van der Waals surface area contributed by atoms with E-state index in [1.54, 1.807) is 72.8 Å². The number of hydrogen-bond donors (Lipinski definition) is 2. The molecular formula is C38H30F4N2O2Ti. The first kappa shape index (κ1) is 32.2. The first-order valence-corrected chi connectivity index (χ1v) is 18.3. The molecule has 0 aromatic heterocycles. The molecule has 0 heterocycles. The van der Waals surface area contributed by atoms with Crippen LogP contribution < -0.4 is 7.60 Å². The van der Waals surface area contributed by atoms with E-state index in [-0.39, 0.29) is 24.0 Å². The summed E-state index contributed by atoms with van der Waals surface area (Å²) in [6.45, 7) is 0. The second-order valence-corrected chi connectivity index (χ2v) is 16.6. The Bertz CT molecular complexity index is 1830. The fraction of sp³-hybridized carbons (Fsp3) is 0.105. The summed E-state index contributed by atoms with van der Waals surface area (Å²) in [5.74, 6) is -6.29. The normalized spacial score (nSPS) is 13.8. The molecule has 0 saturated heterocycles.